The molecule has 2 N–H and O–H groups in total. The first kappa shape index (κ1) is 10.4. The van der Waals surface area contributed by atoms with E-state index in [9.17, 15) is 0 Å². The molecule has 1 rings (SSSR count). The molecule has 1 aromatic rings. The van der Waals surface area contributed by atoms with Gasteiger partial charge in [-0.15, -0.1) is 11.3 Å². The standard InChI is InChI=1S/C8H13N3S2/c1-8(2,3)11-6(12)10-7-9-4-5-13-7/h4-5H,1-3H3,(H2,9,10,11,12). The number of nitrogens with one attached hydrogen (secondary N) is 2. The van der Waals surface area contributed by atoms with Crippen LogP contribution in [0, 0.1) is 0 Å². The van der Waals surface area contributed by atoms with Gasteiger partial charge in [-0.3, -0.25) is 0 Å². The zero-order chi connectivity index (χ0) is 9.90. The molecule has 0 aliphatic heterocycles. The zero-order valence-corrected chi connectivity index (χ0v) is 9.55. The quantitative estimate of drug-likeness (QED) is 0.704. The number of aromatic nitrogens is 1. The van der Waals surface area contributed by atoms with Crippen LogP contribution >= 0.6 is 23.6 Å². The molecule has 0 radical (unpaired) electrons. The van der Waals surface area contributed by atoms with Crippen LogP contribution in [0.3, 0.4) is 0 Å². The highest BCUT2D eigenvalue weighted by molar-refractivity contribution is 7.80. The molecule has 0 aliphatic rings. The van der Waals surface area contributed by atoms with Gasteiger partial charge >= 0.3 is 0 Å². The van der Waals surface area contributed by atoms with Gasteiger partial charge in [0.25, 0.3) is 0 Å². The summed E-state index contributed by atoms with van der Waals surface area (Å²) in [6.07, 6.45) is 1.74. The molecule has 5 heteroatoms. The van der Waals surface area contributed by atoms with Crippen molar-refractivity contribution in [3.8, 4) is 0 Å². The van der Waals surface area contributed by atoms with Crippen LogP contribution < -0.4 is 10.6 Å². The number of hydrogen-bond donors (Lipinski definition) is 2. The van der Waals surface area contributed by atoms with Gasteiger partial charge in [0.1, 0.15) is 0 Å². The Balaban J connectivity index is 2.43. The molecule has 0 aromatic carbocycles. The SMILES string of the molecule is CC(C)(C)NC(=S)Nc1nccs1. The molecule has 0 saturated carbocycles. The number of anilines is 1. The van der Waals surface area contributed by atoms with Gasteiger partial charge in [-0.05, 0) is 33.0 Å². The summed E-state index contributed by atoms with van der Waals surface area (Å²) in [5.74, 6) is 0. The van der Waals surface area contributed by atoms with Crippen molar-refractivity contribution in [1.29, 1.82) is 0 Å². The van der Waals surface area contributed by atoms with E-state index in [0.717, 1.165) is 5.13 Å². The van der Waals surface area contributed by atoms with Gasteiger partial charge in [0, 0.05) is 17.1 Å². The molecule has 0 amide bonds. The number of thiocarbonyl (C=S) groups is 1. The van der Waals surface area contributed by atoms with Crippen molar-refractivity contribution in [2.45, 2.75) is 26.3 Å². The molecule has 1 heterocycles. The summed E-state index contributed by atoms with van der Waals surface area (Å²) >= 11 is 6.62. The van der Waals surface area contributed by atoms with Gasteiger partial charge in [0.15, 0.2) is 10.2 Å². The van der Waals surface area contributed by atoms with E-state index >= 15 is 0 Å². The molecule has 0 atom stereocenters. The molecule has 0 bridgehead atoms. The third-order valence-corrected chi connectivity index (χ3v) is 2.03. The minimum Gasteiger partial charge on any atom is -0.358 e. The smallest absolute Gasteiger partial charge is 0.188 e. The van der Waals surface area contributed by atoms with Crippen molar-refractivity contribution >= 4 is 33.8 Å². The predicted molar refractivity (Wildman–Crippen MR) is 61.2 cm³/mol. The maximum absolute atomic E-state index is 5.09. The molecule has 72 valence electrons. The van der Waals surface area contributed by atoms with Crippen molar-refractivity contribution in [2.24, 2.45) is 0 Å². The first-order chi connectivity index (χ1) is 5.97. The first-order valence-electron chi connectivity index (χ1n) is 3.96. The van der Waals surface area contributed by atoms with Gasteiger partial charge in [0.05, 0.1) is 0 Å². The van der Waals surface area contributed by atoms with E-state index < -0.39 is 0 Å². The lowest BCUT2D eigenvalue weighted by atomic mass is 10.1. The lowest BCUT2D eigenvalue weighted by Crippen LogP contribution is -2.42. The summed E-state index contributed by atoms with van der Waals surface area (Å²) in [6, 6.07) is 0. The van der Waals surface area contributed by atoms with Crippen LogP contribution in [0.1, 0.15) is 20.8 Å². The molecule has 0 unspecified atom stereocenters. The molecule has 13 heavy (non-hydrogen) atoms. The number of nitrogens with zero attached hydrogens (tertiary/aromatic N) is 1. The van der Waals surface area contributed by atoms with Crippen molar-refractivity contribution in [1.82, 2.24) is 10.3 Å². The lowest BCUT2D eigenvalue weighted by molar-refractivity contribution is 0.515. The van der Waals surface area contributed by atoms with E-state index in [1.54, 1.807) is 6.20 Å². The highest BCUT2D eigenvalue weighted by Crippen LogP contribution is 2.10. The first-order valence-corrected chi connectivity index (χ1v) is 5.25. The Morgan fingerprint density at radius 2 is 2.23 bits per heavy atom. The monoisotopic (exact) mass is 215 g/mol. The molecule has 0 spiro atoms. The third-order valence-electron chi connectivity index (χ3n) is 1.14. The fourth-order valence-electron chi connectivity index (χ4n) is 0.754. The van der Waals surface area contributed by atoms with Crippen molar-refractivity contribution in [2.75, 3.05) is 5.32 Å². The zero-order valence-electron chi connectivity index (χ0n) is 7.92. The minimum absolute atomic E-state index is 0.0126. The van der Waals surface area contributed by atoms with Crippen LogP contribution in [-0.2, 0) is 0 Å². The van der Waals surface area contributed by atoms with E-state index in [1.165, 1.54) is 11.3 Å². The fourth-order valence-corrected chi connectivity index (χ4v) is 1.75. The second kappa shape index (κ2) is 4.02. The normalized spacial score (nSPS) is 11.0. The van der Waals surface area contributed by atoms with Crippen LogP contribution in [0.25, 0.3) is 0 Å². The van der Waals surface area contributed by atoms with E-state index in [0.29, 0.717) is 5.11 Å². The molecular formula is C8H13N3S2. The van der Waals surface area contributed by atoms with E-state index in [2.05, 4.69) is 36.4 Å². The summed E-state index contributed by atoms with van der Waals surface area (Å²) in [5.41, 5.74) is -0.0126. The second-order valence-electron chi connectivity index (χ2n) is 3.67. The van der Waals surface area contributed by atoms with Crippen molar-refractivity contribution < 1.29 is 0 Å². The highest BCUT2D eigenvalue weighted by Gasteiger charge is 2.11. The molecule has 1 aromatic heterocycles. The number of rotatable bonds is 1. The summed E-state index contributed by atoms with van der Waals surface area (Å²) in [4.78, 5) is 4.07. The van der Waals surface area contributed by atoms with E-state index in [-0.39, 0.29) is 5.54 Å². The summed E-state index contributed by atoms with van der Waals surface area (Å²) in [7, 11) is 0. The largest absolute Gasteiger partial charge is 0.358 e. The summed E-state index contributed by atoms with van der Waals surface area (Å²) < 4.78 is 0. The molecular weight excluding hydrogens is 202 g/mol. The maximum atomic E-state index is 5.09. The summed E-state index contributed by atoms with van der Waals surface area (Å²) in [5, 5.41) is 9.49. The van der Waals surface area contributed by atoms with Gasteiger partial charge in [-0.2, -0.15) is 0 Å². The lowest BCUT2D eigenvalue weighted by Gasteiger charge is -2.22. The van der Waals surface area contributed by atoms with E-state index in [4.69, 9.17) is 12.2 Å². The molecule has 3 nitrogen and oxygen atoms in total. The average molecular weight is 215 g/mol. The highest BCUT2D eigenvalue weighted by atomic mass is 32.1. The maximum Gasteiger partial charge on any atom is 0.188 e. The Morgan fingerprint density at radius 3 is 2.69 bits per heavy atom. The van der Waals surface area contributed by atoms with E-state index in [1.807, 2.05) is 5.38 Å². The number of thiazole rings is 1. The Bertz CT molecular complexity index is 274. The fraction of sp³-hybridized carbons (Fsp3) is 0.500. The Hall–Kier alpha value is -0.680. The Kier molecular flexibility index (Phi) is 3.22. The van der Waals surface area contributed by atoms with Crippen LogP contribution in [0.4, 0.5) is 5.13 Å². The van der Waals surface area contributed by atoms with Gasteiger partial charge in [-0.25, -0.2) is 4.98 Å². The molecule has 0 fully saturated rings. The minimum atomic E-state index is -0.0126. The molecule has 0 saturated heterocycles. The van der Waals surface area contributed by atoms with Crippen molar-refractivity contribution in [3.05, 3.63) is 11.6 Å². The van der Waals surface area contributed by atoms with Crippen LogP contribution in [0.2, 0.25) is 0 Å². The second-order valence-corrected chi connectivity index (χ2v) is 4.97. The van der Waals surface area contributed by atoms with Crippen LogP contribution in [-0.4, -0.2) is 15.6 Å². The number of hydrogen-bond acceptors (Lipinski definition) is 3. The predicted octanol–water partition coefficient (Wildman–Crippen LogP) is 2.23. The van der Waals surface area contributed by atoms with Crippen LogP contribution in [0.5, 0.6) is 0 Å². The third kappa shape index (κ3) is 4.19. The van der Waals surface area contributed by atoms with Crippen LogP contribution in [0.15, 0.2) is 11.6 Å². The average Bonchev–Trinajstić information content (AvgIpc) is 2.34. The topological polar surface area (TPSA) is 37.0 Å². The Morgan fingerprint density at radius 1 is 1.54 bits per heavy atom. The molecule has 0 aliphatic carbocycles. The summed E-state index contributed by atoms with van der Waals surface area (Å²) in [6.45, 7) is 6.18. The van der Waals surface area contributed by atoms with Gasteiger partial charge < -0.3 is 10.6 Å². The van der Waals surface area contributed by atoms with Gasteiger partial charge in [0.2, 0.25) is 0 Å². The van der Waals surface area contributed by atoms with Gasteiger partial charge in [-0.1, -0.05) is 0 Å². The van der Waals surface area contributed by atoms with Crippen molar-refractivity contribution in [3.63, 3.8) is 0 Å². The Labute approximate surface area is 87.6 Å².